The molecule has 1 saturated carbocycles. The maximum Gasteiger partial charge on any atom is 0.328 e. The maximum absolute atomic E-state index is 12.0. The van der Waals surface area contributed by atoms with Crippen LogP contribution >= 0.6 is 0 Å². The number of hydrogen-bond acceptors (Lipinski definition) is 5. The summed E-state index contributed by atoms with van der Waals surface area (Å²) >= 11 is 0. The second-order valence-corrected chi connectivity index (χ2v) is 4.53. The lowest BCUT2D eigenvalue weighted by Gasteiger charge is -2.12. The maximum atomic E-state index is 12.0. The van der Waals surface area contributed by atoms with E-state index in [0.29, 0.717) is 0 Å². The van der Waals surface area contributed by atoms with Crippen molar-refractivity contribution in [2.24, 2.45) is 0 Å². The Morgan fingerprint density at radius 1 is 1.55 bits per heavy atom. The zero-order valence-corrected chi connectivity index (χ0v) is 10.4. The average molecular weight is 283 g/mol. The molecule has 0 radical (unpaired) electrons. The Kier molecular flexibility index (Phi) is 3.70. The number of nitrogens with one attached hydrogen (secondary N) is 1. The highest BCUT2D eigenvalue weighted by molar-refractivity contribution is 5.96. The van der Waals surface area contributed by atoms with Gasteiger partial charge in [0.2, 0.25) is 0 Å². The summed E-state index contributed by atoms with van der Waals surface area (Å²) in [5.41, 5.74) is -0.197. The molecule has 0 aliphatic heterocycles. The molecule has 3 N–H and O–H groups in total. The number of carbonyl (C=O) groups excluding carboxylic acids is 1. The van der Waals surface area contributed by atoms with Crippen molar-refractivity contribution in [2.75, 3.05) is 6.61 Å². The Bertz CT molecular complexity index is 563. The first kappa shape index (κ1) is 14.0. The Labute approximate surface area is 113 Å². The number of amides is 1. The third-order valence-corrected chi connectivity index (χ3v) is 3.00. The van der Waals surface area contributed by atoms with Crippen LogP contribution in [0.1, 0.15) is 29.4 Å². The molecule has 1 aromatic rings. The number of hydrogen-bond donors (Lipinski definition) is 3. The van der Waals surface area contributed by atoms with Crippen molar-refractivity contribution in [3.8, 4) is 0 Å². The minimum absolute atomic E-state index is 0.0268. The standard InChI is InChI=1S/C11H13N3O6/c15-5-8(11(17)18)12-10(16)9-3-7(14(19)20)4-13(9)6-1-2-6/h3-4,6,8,15H,1-2,5H2,(H,12,16)(H,17,18)/t8-/m0/s1. The third kappa shape index (κ3) is 2.77. The second kappa shape index (κ2) is 5.29. The van der Waals surface area contributed by atoms with Crippen molar-refractivity contribution >= 4 is 17.6 Å². The number of aliphatic hydroxyl groups is 1. The number of nitrogens with zero attached hydrogens (tertiary/aromatic N) is 2. The summed E-state index contributed by atoms with van der Waals surface area (Å²) in [6.07, 6.45) is 2.89. The molecular formula is C11H13N3O6. The molecule has 1 fully saturated rings. The van der Waals surface area contributed by atoms with Crippen LogP contribution in [-0.4, -0.2) is 44.2 Å². The smallest absolute Gasteiger partial charge is 0.328 e. The van der Waals surface area contributed by atoms with E-state index >= 15 is 0 Å². The highest BCUT2D eigenvalue weighted by Gasteiger charge is 2.31. The minimum atomic E-state index is -1.44. The first-order valence-corrected chi connectivity index (χ1v) is 5.94. The van der Waals surface area contributed by atoms with E-state index in [-0.39, 0.29) is 17.4 Å². The zero-order chi connectivity index (χ0) is 14.9. The summed E-state index contributed by atoms with van der Waals surface area (Å²) in [4.78, 5) is 32.9. The summed E-state index contributed by atoms with van der Waals surface area (Å²) in [5, 5.41) is 30.5. The Morgan fingerprint density at radius 2 is 2.20 bits per heavy atom. The van der Waals surface area contributed by atoms with Gasteiger partial charge in [-0.3, -0.25) is 14.9 Å². The van der Waals surface area contributed by atoms with E-state index in [1.54, 1.807) is 0 Å². The molecule has 0 spiro atoms. The van der Waals surface area contributed by atoms with Crippen LogP contribution in [0.4, 0.5) is 5.69 Å². The fraction of sp³-hybridized carbons (Fsp3) is 0.455. The molecule has 9 heteroatoms. The first-order valence-electron chi connectivity index (χ1n) is 5.94. The minimum Gasteiger partial charge on any atom is -0.480 e. The number of aliphatic hydroxyl groups excluding tert-OH is 1. The van der Waals surface area contributed by atoms with E-state index in [4.69, 9.17) is 10.2 Å². The van der Waals surface area contributed by atoms with Crippen LogP contribution in [0.25, 0.3) is 0 Å². The van der Waals surface area contributed by atoms with Crippen molar-refractivity contribution in [3.63, 3.8) is 0 Å². The Morgan fingerprint density at radius 3 is 2.65 bits per heavy atom. The Balaban J connectivity index is 2.24. The van der Waals surface area contributed by atoms with Crippen molar-refractivity contribution in [1.82, 2.24) is 9.88 Å². The van der Waals surface area contributed by atoms with Crippen molar-refractivity contribution < 1.29 is 24.7 Å². The molecule has 1 amide bonds. The number of aliphatic carboxylic acids is 1. The van der Waals surface area contributed by atoms with Crippen molar-refractivity contribution in [2.45, 2.75) is 24.9 Å². The topological polar surface area (TPSA) is 135 Å². The number of nitro groups is 1. The van der Waals surface area contributed by atoms with Crippen LogP contribution in [-0.2, 0) is 4.79 Å². The lowest BCUT2D eigenvalue weighted by Crippen LogP contribution is -2.43. The van der Waals surface area contributed by atoms with Crippen LogP contribution in [0, 0.1) is 10.1 Å². The first-order chi connectivity index (χ1) is 9.43. The quantitative estimate of drug-likeness (QED) is 0.493. The zero-order valence-electron chi connectivity index (χ0n) is 10.4. The Hall–Kier alpha value is -2.42. The van der Waals surface area contributed by atoms with Crippen molar-refractivity contribution in [1.29, 1.82) is 0 Å². The van der Waals surface area contributed by atoms with E-state index < -0.39 is 29.4 Å². The number of aromatic nitrogens is 1. The fourth-order valence-electron chi connectivity index (χ4n) is 1.82. The monoisotopic (exact) mass is 283 g/mol. The van der Waals surface area contributed by atoms with Gasteiger partial charge in [0.1, 0.15) is 5.69 Å². The van der Waals surface area contributed by atoms with Crippen LogP contribution in [0.5, 0.6) is 0 Å². The summed E-state index contributed by atoms with van der Waals surface area (Å²) < 4.78 is 1.48. The second-order valence-electron chi connectivity index (χ2n) is 4.53. The largest absolute Gasteiger partial charge is 0.480 e. The van der Waals surface area contributed by atoms with Crippen LogP contribution in [0.15, 0.2) is 12.3 Å². The summed E-state index contributed by atoms with van der Waals surface area (Å²) in [6.45, 7) is -0.757. The summed E-state index contributed by atoms with van der Waals surface area (Å²) in [5.74, 6) is -2.13. The number of carboxylic acid groups (broad SMARTS) is 1. The molecule has 9 nitrogen and oxygen atoms in total. The molecule has 0 aromatic carbocycles. The van der Waals surface area contributed by atoms with Gasteiger partial charge in [-0.05, 0) is 12.8 Å². The molecule has 1 aromatic heterocycles. The predicted molar refractivity (Wildman–Crippen MR) is 65.3 cm³/mol. The van der Waals surface area contributed by atoms with Gasteiger partial charge in [-0.1, -0.05) is 0 Å². The summed E-state index contributed by atoms with van der Waals surface area (Å²) in [6, 6.07) is -0.310. The van der Waals surface area contributed by atoms with E-state index in [0.717, 1.165) is 18.9 Å². The SMILES string of the molecule is O=C(N[C@@H](CO)C(=O)O)c1cc([N+](=O)[O-])cn1C1CC1. The summed E-state index contributed by atoms with van der Waals surface area (Å²) in [7, 11) is 0. The van der Waals surface area contributed by atoms with Gasteiger partial charge in [0.15, 0.2) is 6.04 Å². The van der Waals surface area contributed by atoms with E-state index in [9.17, 15) is 19.7 Å². The lowest BCUT2D eigenvalue weighted by atomic mass is 10.3. The number of rotatable bonds is 6. The molecule has 108 valence electrons. The van der Waals surface area contributed by atoms with Gasteiger partial charge in [0.25, 0.3) is 11.6 Å². The fourth-order valence-corrected chi connectivity index (χ4v) is 1.82. The molecular weight excluding hydrogens is 270 g/mol. The van der Waals surface area contributed by atoms with Gasteiger partial charge in [0, 0.05) is 12.1 Å². The van der Waals surface area contributed by atoms with Gasteiger partial charge in [-0.15, -0.1) is 0 Å². The number of carboxylic acids is 1. The highest BCUT2D eigenvalue weighted by Crippen LogP contribution is 2.37. The highest BCUT2D eigenvalue weighted by atomic mass is 16.6. The van der Waals surface area contributed by atoms with Crippen LogP contribution < -0.4 is 5.32 Å². The normalized spacial score (nSPS) is 15.7. The van der Waals surface area contributed by atoms with Crippen molar-refractivity contribution in [3.05, 3.63) is 28.1 Å². The molecule has 1 aliphatic carbocycles. The molecule has 0 unspecified atom stereocenters. The van der Waals surface area contributed by atoms with Gasteiger partial charge in [0.05, 0.1) is 17.7 Å². The van der Waals surface area contributed by atoms with Crippen LogP contribution in [0.2, 0.25) is 0 Å². The average Bonchev–Trinajstić information content (AvgIpc) is 3.13. The molecule has 1 aliphatic rings. The molecule has 2 rings (SSSR count). The van der Waals surface area contributed by atoms with Gasteiger partial charge in [-0.2, -0.15) is 0 Å². The lowest BCUT2D eigenvalue weighted by molar-refractivity contribution is -0.384. The van der Waals surface area contributed by atoms with Crippen LogP contribution in [0.3, 0.4) is 0 Å². The number of carbonyl (C=O) groups is 2. The molecule has 1 atom stereocenters. The molecule has 0 saturated heterocycles. The molecule has 1 heterocycles. The molecule has 20 heavy (non-hydrogen) atoms. The van der Waals surface area contributed by atoms with E-state index in [1.165, 1.54) is 10.8 Å². The predicted octanol–water partition coefficient (Wildman–Crippen LogP) is -0.0935. The van der Waals surface area contributed by atoms with E-state index in [1.807, 2.05) is 0 Å². The van der Waals surface area contributed by atoms with Gasteiger partial charge >= 0.3 is 5.97 Å². The third-order valence-electron chi connectivity index (χ3n) is 3.00. The van der Waals surface area contributed by atoms with Gasteiger partial charge < -0.3 is 20.1 Å². The van der Waals surface area contributed by atoms with E-state index in [2.05, 4.69) is 5.32 Å². The van der Waals surface area contributed by atoms with Gasteiger partial charge in [-0.25, -0.2) is 4.79 Å². The molecule has 0 bridgehead atoms.